The molecular formula is C15H19N3O2S. The molecule has 0 amide bonds. The van der Waals surface area contributed by atoms with Gasteiger partial charge in [0.25, 0.3) is 0 Å². The van der Waals surface area contributed by atoms with Crippen molar-refractivity contribution in [2.75, 3.05) is 5.75 Å². The molecule has 0 radical (unpaired) electrons. The second-order valence-electron chi connectivity index (χ2n) is 4.97. The lowest BCUT2D eigenvalue weighted by Crippen LogP contribution is -2.17. The van der Waals surface area contributed by atoms with Gasteiger partial charge >= 0.3 is 5.69 Å². The molecular weight excluding hydrogens is 286 g/mol. The van der Waals surface area contributed by atoms with E-state index in [0.717, 1.165) is 12.0 Å². The van der Waals surface area contributed by atoms with Crippen LogP contribution in [0.15, 0.2) is 28.2 Å². The predicted molar refractivity (Wildman–Crippen MR) is 84.1 cm³/mol. The van der Waals surface area contributed by atoms with E-state index in [2.05, 4.69) is 10.2 Å². The Morgan fingerprint density at radius 1 is 1.33 bits per heavy atom. The molecule has 0 spiro atoms. The minimum absolute atomic E-state index is 0.0431. The van der Waals surface area contributed by atoms with Gasteiger partial charge in [0.2, 0.25) is 0 Å². The quantitative estimate of drug-likeness (QED) is 0.658. The highest BCUT2D eigenvalue weighted by Gasteiger charge is 2.12. The molecule has 1 N–H and O–H groups in total. The number of carbonyl (C=O) groups is 1. The van der Waals surface area contributed by atoms with Crippen LogP contribution in [0.5, 0.6) is 0 Å². The van der Waals surface area contributed by atoms with Crippen LogP contribution in [-0.4, -0.2) is 26.3 Å². The maximum atomic E-state index is 12.2. The molecule has 0 bridgehead atoms. The summed E-state index contributed by atoms with van der Waals surface area (Å²) in [5, 5.41) is 6.96. The number of nitrogens with zero attached hydrogens (tertiary/aromatic N) is 2. The van der Waals surface area contributed by atoms with Gasteiger partial charge in [0.1, 0.15) is 0 Å². The molecule has 1 aromatic carbocycles. The SMILES string of the molecule is CCCn1c(SCC(=O)c2ccc(C)c(C)c2)n[nH]c1=O. The molecule has 1 heterocycles. The zero-order valence-electron chi connectivity index (χ0n) is 12.5. The second kappa shape index (κ2) is 6.76. The first-order chi connectivity index (χ1) is 10.0. The molecule has 2 aromatic rings. The summed E-state index contributed by atoms with van der Waals surface area (Å²) in [5.41, 5.74) is 2.75. The van der Waals surface area contributed by atoms with Crippen molar-refractivity contribution >= 4 is 17.5 Å². The first-order valence-corrected chi connectivity index (χ1v) is 7.90. The average Bonchev–Trinajstić information content (AvgIpc) is 2.81. The molecule has 0 aliphatic rings. The van der Waals surface area contributed by atoms with Gasteiger partial charge in [-0.25, -0.2) is 9.89 Å². The predicted octanol–water partition coefficient (Wildman–Crippen LogP) is 2.57. The van der Waals surface area contributed by atoms with E-state index in [9.17, 15) is 9.59 Å². The van der Waals surface area contributed by atoms with E-state index in [1.165, 1.54) is 17.3 Å². The zero-order valence-corrected chi connectivity index (χ0v) is 13.3. The van der Waals surface area contributed by atoms with Crippen molar-refractivity contribution in [3.05, 3.63) is 45.4 Å². The number of carbonyl (C=O) groups excluding carboxylic acids is 1. The van der Waals surface area contributed by atoms with Crippen LogP contribution in [0.25, 0.3) is 0 Å². The Hall–Kier alpha value is -1.82. The second-order valence-corrected chi connectivity index (χ2v) is 5.92. The fourth-order valence-corrected chi connectivity index (χ4v) is 2.83. The topological polar surface area (TPSA) is 67.8 Å². The number of hydrogen-bond acceptors (Lipinski definition) is 4. The highest BCUT2D eigenvalue weighted by Crippen LogP contribution is 2.17. The normalized spacial score (nSPS) is 10.8. The van der Waals surface area contributed by atoms with E-state index in [1.807, 2.05) is 39.0 Å². The number of rotatable bonds is 6. The molecule has 1 aromatic heterocycles. The van der Waals surface area contributed by atoms with Crippen LogP contribution in [0.3, 0.4) is 0 Å². The van der Waals surface area contributed by atoms with Crippen LogP contribution < -0.4 is 5.69 Å². The molecule has 0 aliphatic heterocycles. The fourth-order valence-electron chi connectivity index (χ4n) is 1.96. The molecule has 2 rings (SSSR count). The van der Waals surface area contributed by atoms with E-state index in [0.29, 0.717) is 17.3 Å². The number of H-pyrrole nitrogens is 1. The van der Waals surface area contributed by atoms with E-state index in [4.69, 9.17) is 0 Å². The summed E-state index contributed by atoms with van der Waals surface area (Å²) in [6.45, 7) is 6.61. The smallest absolute Gasteiger partial charge is 0.293 e. The Balaban J connectivity index is 2.07. The summed E-state index contributed by atoms with van der Waals surface area (Å²) in [5.74, 6) is 0.317. The van der Waals surface area contributed by atoms with Crippen molar-refractivity contribution in [2.45, 2.75) is 38.9 Å². The number of aryl methyl sites for hydroxylation is 2. The largest absolute Gasteiger partial charge is 0.343 e. The minimum atomic E-state index is -0.224. The average molecular weight is 305 g/mol. The van der Waals surface area contributed by atoms with Crippen LogP contribution >= 0.6 is 11.8 Å². The molecule has 0 saturated carbocycles. The third-order valence-corrected chi connectivity index (χ3v) is 4.31. The Bertz CT molecular complexity index is 703. The Morgan fingerprint density at radius 2 is 2.10 bits per heavy atom. The van der Waals surface area contributed by atoms with Crippen LogP contribution in [-0.2, 0) is 6.54 Å². The Kier molecular flexibility index (Phi) is 5.01. The number of benzene rings is 1. The number of thioether (sulfide) groups is 1. The molecule has 5 nitrogen and oxygen atoms in total. The van der Waals surface area contributed by atoms with Gasteiger partial charge in [0.15, 0.2) is 10.9 Å². The third-order valence-electron chi connectivity index (χ3n) is 3.33. The highest BCUT2D eigenvalue weighted by atomic mass is 32.2. The summed E-state index contributed by atoms with van der Waals surface area (Å²) in [6.07, 6.45) is 0.845. The number of ketones is 1. The van der Waals surface area contributed by atoms with Crippen molar-refractivity contribution < 1.29 is 4.79 Å². The number of aromatic nitrogens is 3. The molecule has 0 saturated heterocycles. The van der Waals surface area contributed by atoms with Gasteiger partial charge in [0.05, 0.1) is 5.75 Å². The molecule has 0 unspecified atom stereocenters. The van der Waals surface area contributed by atoms with Gasteiger partial charge in [-0.2, -0.15) is 0 Å². The van der Waals surface area contributed by atoms with Crippen molar-refractivity contribution in [1.29, 1.82) is 0 Å². The van der Waals surface area contributed by atoms with Crippen molar-refractivity contribution in [3.63, 3.8) is 0 Å². The molecule has 0 atom stereocenters. The van der Waals surface area contributed by atoms with Crippen LogP contribution in [0.4, 0.5) is 0 Å². The van der Waals surface area contributed by atoms with Gasteiger partial charge in [-0.05, 0) is 37.5 Å². The third kappa shape index (κ3) is 3.64. The van der Waals surface area contributed by atoms with Gasteiger partial charge in [-0.15, -0.1) is 5.10 Å². The standard InChI is InChI=1S/C15H19N3O2S/c1-4-7-18-14(20)16-17-15(18)21-9-13(19)12-6-5-10(2)11(3)8-12/h5-6,8H,4,7,9H2,1-3H3,(H,16,20). The Labute approximate surface area is 127 Å². The van der Waals surface area contributed by atoms with Gasteiger partial charge in [-0.3, -0.25) is 9.36 Å². The number of Topliss-reactive ketones (excluding diaryl/α,β-unsaturated/α-hetero) is 1. The first kappa shape index (κ1) is 15.6. The lowest BCUT2D eigenvalue weighted by molar-refractivity contribution is 0.102. The number of hydrogen-bond donors (Lipinski definition) is 1. The van der Waals surface area contributed by atoms with Crippen molar-refractivity contribution in [1.82, 2.24) is 14.8 Å². The van der Waals surface area contributed by atoms with Crippen LogP contribution in [0.1, 0.15) is 34.8 Å². The fraction of sp³-hybridized carbons (Fsp3) is 0.400. The van der Waals surface area contributed by atoms with E-state index >= 15 is 0 Å². The molecule has 21 heavy (non-hydrogen) atoms. The monoisotopic (exact) mass is 305 g/mol. The Morgan fingerprint density at radius 3 is 2.76 bits per heavy atom. The maximum absolute atomic E-state index is 12.2. The van der Waals surface area contributed by atoms with Crippen LogP contribution in [0.2, 0.25) is 0 Å². The number of aromatic amines is 1. The van der Waals surface area contributed by atoms with Gasteiger partial charge in [-0.1, -0.05) is 30.8 Å². The lowest BCUT2D eigenvalue weighted by atomic mass is 10.0. The minimum Gasteiger partial charge on any atom is -0.293 e. The molecule has 112 valence electrons. The van der Waals surface area contributed by atoms with Crippen molar-refractivity contribution in [3.8, 4) is 0 Å². The first-order valence-electron chi connectivity index (χ1n) is 6.91. The maximum Gasteiger partial charge on any atom is 0.343 e. The van der Waals surface area contributed by atoms with Crippen LogP contribution in [0, 0.1) is 13.8 Å². The summed E-state index contributed by atoms with van der Waals surface area (Å²) in [6, 6.07) is 5.70. The van der Waals surface area contributed by atoms with E-state index < -0.39 is 0 Å². The molecule has 6 heteroatoms. The summed E-state index contributed by atoms with van der Waals surface area (Å²) in [4.78, 5) is 23.8. The highest BCUT2D eigenvalue weighted by molar-refractivity contribution is 7.99. The van der Waals surface area contributed by atoms with Gasteiger partial charge in [0, 0.05) is 12.1 Å². The van der Waals surface area contributed by atoms with E-state index in [1.54, 1.807) is 4.57 Å². The van der Waals surface area contributed by atoms with Crippen molar-refractivity contribution in [2.24, 2.45) is 0 Å². The molecule has 0 fully saturated rings. The summed E-state index contributed by atoms with van der Waals surface area (Å²) >= 11 is 1.29. The summed E-state index contributed by atoms with van der Waals surface area (Å²) < 4.78 is 1.57. The van der Waals surface area contributed by atoms with Gasteiger partial charge < -0.3 is 0 Å². The zero-order chi connectivity index (χ0) is 15.4. The number of nitrogens with one attached hydrogen (secondary N) is 1. The lowest BCUT2D eigenvalue weighted by Gasteiger charge is -2.05. The summed E-state index contributed by atoms with van der Waals surface area (Å²) in [7, 11) is 0. The molecule has 0 aliphatic carbocycles. The van der Waals surface area contributed by atoms with E-state index in [-0.39, 0.29) is 17.2 Å².